The number of Topliss-reactive ketones (excluding diaryl/α,β-unsaturated/α-hetero) is 2. The third kappa shape index (κ3) is 6.21. The van der Waals surface area contributed by atoms with Crippen molar-refractivity contribution in [1.82, 2.24) is 15.3 Å². The van der Waals surface area contributed by atoms with Gasteiger partial charge in [-0.3, -0.25) is 14.4 Å². The number of hydrogen-bond acceptors (Lipinski definition) is 8. The third-order valence-corrected chi connectivity index (χ3v) is 7.70. The van der Waals surface area contributed by atoms with Gasteiger partial charge in [-0.05, 0) is 51.2 Å². The number of rotatable bonds is 9. The molecule has 1 N–H and O–H groups in total. The molecule has 2 aliphatic rings. The van der Waals surface area contributed by atoms with Crippen molar-refractivity contribution in [2.45, 2.75) is 65.0 Å². The van der Waals surface area contributed by atoms with Crippen molar-refractivity contribution < 1.29 is 18.8 Å². The average molecular weight is 510 g/mol. The number of halogens is 1. The Balaban J connectivity index is 1.33. The highest BCUT2D eigenvalue weighted by atomic mass is 19.1. The molecule has 1 aromatic heterocycles. The SMILES string of the molecule is CCC(C)C(=O)c1cc(N2CCC(NC3CCN(c4cnc(C=O)cn4)CC3)CC2)c(F)cc1C(C)=O. The van der Waals surface area contributed by atoms with E-state index in [0.29, 0.717) is 54.8 Å². The van der Waals surface area contributed by atoms with Crippen molar-refractivity contribution in [3.63, 3.8) is 0 Å². The zero-order chi connectivity index (χ0) is 26.5. The summed E-state index contributed by atoms with van der Waals surface area (Å²) in [5.74, 6) is -0.283. The summed E-state index contributed by atoms with van der Waals surface area (Å²) in [7, 11) is 0. The van der Waals surface area contributed by atoms with Crippen molar-refractivity contribution >= 4 is 29.4 Å². The molecular weight excluding hydrogens is 473 g/mol. The van der Waals surface area contributed by atoms with E-state index in [1.54, 1.807) is 12.3 Å². The first-order valence-corrected chi connectivity index (χ1v) is 13.2. The molecular formula is C28H36FN5O3. The summed E-state index contributed by atoms with van der Waals surface area (Å²) in [6.07, 6.45) is 8.23. The van der Waals surface area contributed by atoms with Gasteiger partial charge in [0.1, 0.15) is 17.3 Å². The molecule has 198 valence electrons. The molecule has 2 saturated heterocycles. The molecule has 0 amide bonds. The first-order valence-electron chi connectivity index (χ1n) is 13.2. The van der Waals surface area contributed by atoms with Gasteiger partial charge in [-0.15, -0.1) is 0 Å². The van der Waals surface area contributed by atoms with Gasteiger partial charge < -0.3 is 15.1 Å². The van der Waals surface area contributed by atoms with E-state index in [1.807, 2.05) is 18.7 Å². The molecule has 0 radical (unpaired) electrons. The van der Waals surface area contributed by atoms with Crippen LogP contribution < -0.4 is 15.1 Å². The molecule has 8 nitrogen and oxygen atoms in total. The lowest BCUT2D eigenvalue weighted by molar-refractivity contribution is 0.0915. The molecule has 0 bridgehead atoms. The topological polar surface area (TPSA) is 95.5 Å². The second-order valence-electron chi connectivity index (χ2n) is 10.2. The zero-order valence-corrected chi connectivity index (χ0v) is 21.9. The maximum absolute atomic E-state index is 15.1. The van der Waals surface area contributed by atoms with Crippen LogP contribution >= 0.6 is 0 Å². The van der Waals surface area contributed by atoms with E-state index in [4.69, 9.17) is 0 Å². The molecule has 2 aromatic rings. The number of aromatic nitrogens is 2. The lowest BCUT2D eigenvalue weighted by atomic mass is 9.91. The Morgan fingerprint density at radius 3 is 2.16 bits per heavy atom. The standard InChI is InChI=1S/C28H36FN5O3/c1-4-18(2)28(37)24-14-26(25(29)13-23(24)19(3)36)33-9-5-20(6-10-33)32-21-7-11-34(12-8-21)27-16-30-22(17-35)15-31-27/h13-18,20-21,32H,4-12H2,1-3H3. The fourth-order valence-electron chi connectivity index (χ4n) is 5.20. The van der Waals surface area contributed by atoms with Gasteiger partial charge in [0.05, 0.1) is 18.1 Å². The highest BCUT2D eigenvalue weighted by molar-refractivity contribution is 6.09. The molecule has 9 heteroatoms. The number of piperidine rings is 2. The summed E-state index contributed by atoms with van der Waals surface area (Å²) in [6, 6.07) is 3.58. The van der Waals surface area contributed by atoms with E-state index < -0.39 is 5.82 Å². The molecule has 37 heavy (non-hydrogen) atoms. The first kappa shape index (κ1) is 26.9. The van der Waals surface area contributed by atoms with Crippen molar-refractivity contribution in [3.8, 4) is 0 Å². The summed E-state index contributed by atoms with van der Waals surface area (Å²) in [5.41, 5.74) is 1.24. The Kier molecular flexibility index (Phi) is 8.63. The lowest BCUT2D eigenvalue weighted by Gasteiger charge is -2.39. The van der Waals surface area contributed by atoms with Crippen LogP contribution in [0.5, 0.6) is 0 Å². The Bertz CT molecular complexity index is 1120. The van der Waals surface area contributed by atoms with Gasteiger partial charge in [0.15, 0.2) is 17.9 Å². The molecule has 1 unspecified atom stereocenters. The van der Waals surface area contributed by atoms with Crippen LogP contribution in [0.15, 0.2) is 24.5 Å². The van der Waals surface area contributed by atoms with Crippen molar-refractivity contribution in [1.29, 1.82) is 0 Å². The predicted molar refractivity (Wildman–Crippen MR) is 141 cm³/mol. The maximum atomic E-state index is 15.1. The average Bonchev–Trinajstić information content (AvgIpc) is 2.93. The zero-order valence-electron chi connectivity index (χ0n) is 21.9. The van der Waals surface area contributed by atoms with Crippen LogP contribution in [0, 0.1) is 11.7 Å². The number of nitrogens with zero attached hydrogens (tertiary/aromatic N) is 4. The minimum absolute atomic E-state index is 0.109. The normalized spacial score (nSPS) is 18.1. The Morgan fingerprint density at radius 2 is 1.65 bits per heavy atom. The molecule has 0 spiro atoms. The number of aldehydes is 1. The number of carbonyl (C=O) groups excluding carboxylic acids is 3. The van der Waals surface area contributed by atoms with Crippen molar-refractivity contribution in [2.24, 2.45) is 5.92 Å². The van der Waals surface area contributed by atoms with Crippen LogP contribution in [0.4, 0.5) is 15.9 Å². The summed E-state index contributed by atoms with van der Waals surface area (Å²) in [4.78, 5) is 48.5. The summed E-state index contributed by atoms with van der Waals surface area (Å²) < 4.78 is 15.1. The third-order valence-electron chi connectivity index (χ3n) is 7.70. The Labute approximate surface area is 217 Å². The van der Waals surface area contributed by atoms with Crippen molar-refractivity contribution in [2.75, 3.05) is 36.0 Å². The van der Waals surface area contributed by atoms with Crippen LogP contribution in [0.3, 0.4) is 0 Å². The Morgan fingerprint density at radius 1 is 1.03 bits per heavy atom. The fraction of sp³-hybridized carbons (Fsp3) is 0.536. The van der Waals surface area contributed by atoms with Gasteiger partial charge in [0.2, 0.25) is 0 Å². The Hall–Kier alpha value is -3.20. The highest BCUT2D eigenvalue weighted by Gasteiger charge is 2.28. The first-order chi connectivity index (χ1) is 17.8. The number of benzene rings is 1. The molecule has 3 heterocycles. The van der Waals surface area contributed by atoms with Gasteiger partial charge in [-0.1, -0.05) is 13.8 Å². The number of anilines is 2. The molecule has 1 aromatic carbocycles. The minimum atomic E-state index is -0.450. The van der Waals surface area contributed by atoms with Gasteiger partial charge in [-0.2, -0.15) is 0 Å². The van der Waals surface area contributed by atoms with Crippen LogP contribution in [0.2, 0.25) is 0 Å². The fourth-order valence-corrected chi connectivity index (χ4v) is 5.20. The van der Waals surface area contributed by atoms with Crippen LogP contribution in [0.25, 0.3) is 0 Å². The van der Waals surface area contributed by atoms with Gasteiger partial charge in [0, 0.05) is 55.3 Å². The number of carbonyl (C=O) groups is 3. The maximum Gasteiger partial charge on any atom is 0.170 e. The second kappa shape index (κ2) is 11.9. The quantitative estimate of drug-likeness (QED) is 0.399. The second-order valence-corrected chi connectivity index (χ2v) is 10.2. The highest BCUT2D eigenvalue weighted by Crippen LogP contribution is 2.29. The van der Waals surface area contributed by atoms with E-state index in [-0.39, 0.29) is 23.0 Å². The molecule has 4 rings (SSSR count). The molecule has 0 saturated carbocycles. The monoisotopic (exact) mass is 509 g/mol. The van der Waals surface area contributed by atoms with E-state index in [1.165, 1.54) is 19.2 Å². The molecule has 2 fully saturated rings. The largest absolute Gasteiger partial charge is 0.369 e. The number of ketones is 2. The van der Waals surface area contributed by atoms with Gasteiger partial charge in [0.25, 0.3) is 0 Å². The van der Waals surface area contributed by atoms with Crippen LogP contribution in [0.1, 0.15) is 84.1 Å². The number of nitrogens with one attached hydrogen (secondary N) is 1. The summed E-state index contributed by atoms with van der Waals surface area (Å²) in [5, 5.41) is 3.78. The van der Waals surface area contributed by atoms with Gasteiger partial charge in [-0.25, -0.2) is 14.4 Å². The van der Waals surface area contributed by atoms with E-state index in [9.17, 15) is 14.4 Å². The predicted octanol–water partition coefficient (Wildman–Crippen LogP) is 4.09. The smallest absolute Gasteiger partial charge is 0.170 e. The molecule has 1 atom stereocenters. The number of hydrogen-bond donors (Lipinski definition) is 1. The van der Waals surface area contributed by atoms with Crippen molar-refractivity contribution in [3.05, 3.63) is 47.2 Å². The van der Waals surface area contributed by atoms with Crippen LogP contribution in [-0.2, 0) is 0 Å². The molecule has 2 aliphatic heterocycles. The lowest BCUT2D eigenvalue weighted by Crippen LogP contribution is -2.50. The van der Waals surface area contributed by atoms with E-state index in [0.717, 1.165) is 44.6 Å². The van der Waals surface area contributed by atoms with Crippen LogP contribution in [-0.4, -0.2) is 66.1 Å². The summed E-state index contributed by atoms with van der Waals surface area (Å²) >= 11 is 0. The van der Waals surface area contributed by atoms with E-state index in [2.05, 4.69) is 20.2 Å². The van der Waals surface area contributed by atoms with E-state index >= 15 is 4.39 Å². The van der Waals surface area contributed by atoms with Gasteiger partial charge >= 0.3 is 0 Å². The summed E-state index contributed by atoms with van der Waals surface area (Å²) in [6.45, 7) is 8.25. The molecule has 0 aliphatic carbocycles. The minimum Gasteiger partial charge on any atom is -0.369 e.